The maximum Gasteiger partial charge on any atom is 0.631 e. The fourth-order valence-electron chi connectivity index (χ4n) is 0.0345. The van der Waals surface area contributed by atoms with Crippen LogP contribution in [-0.4, -0.2) is 29.1 Å². The first-order chi connectivity index (χ1) is 4.54. The molecule has 0 heterocycles. The molecule has 0 aliphatic rings. The van der Waals surface area contributed by atoms with E-state index in [-0.39, 0.29) is 0 Å². The van der Waals surface area contributed by atoms with Gasteiger partial charge in [0.1, 0.15) is 6.67 Å². The predicted octanol–water partition coefficient (Wildman–Crippen LogP) is -0.936. The molecule has 6 heteroatoms. The molecule has 0 aromatic rings. The lowest BCUT2D eigenvalue weighted by atomic mass is 10.2. The fourth-order valence-corrected chi connectivity index (χ4v) is 0.0345. The average molecular weight is 149 g/mol. The highest BCUT2D eigenvalue weighted by atomic mass is 19.1. The van der Waals surface area contributed by atoms with Crippen molar-refractivity contribution in [2.75, 3.05) is 6.67 Å². The molecule has 0 aliphatic carbocycles. The number of alkyl halides is 1. The topological polar surface area (TPSA) is 84.5 Å². The van der Waals surface area contributed by atoms with Gasteiger partial charge < -0.3 is 15.1 Å². The Morgan fingerprint density at radius 3 is 1.90 bits per heavy atom. The molecule has 0 saturated carbocycles. The second-order valence-electron chi connectivity index (χ2n) is 1.53. The number of hydrogen-bond donors (Lipinski definition) is 3. The Morgan fingerprint density at radius 1 is 1.60 bits per heavy atom. The van der Waals surface area contributed by atoms with E-state index >= 15 is 0 Å². The smallest absolute Gasteiger partial charge is 0.402 e. The van der Waals surface area contributed by atoms with Gasteiger partial charge in [0.15, 0.2) is 0 Å². The lowest BCUT2D eigenvalue weighted by Gasteiger charge is -1.84. The van der Waals surface area contributed by atoms with Crippen LogP contribution >= 0.6 is 0 Å². The van der Waals surface area contributed by atoms with Gasteiger partial charge in [-0.2, -0.15) is 5.26 Å². The van der Waals surface area contributed by atoms with E-state index in [0.717, 1.165) is 0 Å². The normalized spacial score (nSPS) is 10.4. The Labute approximate surface area is 58.7 Å². The van der Waals surface area contributed by atoms with Gasteiger partial charge in [-0.15, -0.1) is 0 Å². The minimum absolute atomic E-state index is 0.426. The number of rotatable bonds is 1. The minimum Gasteiger partial charge on any atom is -0.402 e. The third-order valence-electron chi connectivity index (χ3n) is 0.452. The molecule has 0 amide bonds. The first kappa shape index (κ1) is 12.1. The van der Waals surface area contributed by atoms with E-state index in [9.17, 15) is 4.39 Å². The number of nitriles is 1. The zero-order valence-corrected chi connectivity index (χ0v) is 5.53. The monoisotopic (exact) mass is 149 g/mol. The Bertz CT molecular complexity index is 102. The van der Waals surface area contributed by atoms with Crippen molar-refractivity contribution in [3.63, 3.8) is 0 Å². The second kappa shape index (κ2) is 8.36. The van der Waals surface area contributed by atoms with E-state index in [2.05, 4.69) is 0 Å². The lowest BCUT2D eigenvalue weighted by Crippen LogP contribution is -2.07. The SMILES string of the molecule is CC(C#N)CF.OB(O)O. The highest BCUT2D eigenvalue weighted by molar-refractivity contribution is 6.30. The Balaban J connectivity index is 0. The van der Waals surface area contributed by atoms with E-state index in [1.54, 1.807) is 13.0 Å². The van der Waals surface area contributed by atoms with Crippen LogP contribution in [0.1, 0.15) is 6.92 Å². The summed E-state index contributed by atoms with van der Waals surface area (Å²) in [5, 5.41) is 29.3. The van der Waals surface area contributed by atoms with Crippen molar-refractivity contribution in [3.05, 3.63) is 0 Å². The first-order valence-corrected chi connectivity index (χ1v) is 2.54. The number of hydrogen-bond acceptors (Lipinski definition) is 4. The van der Waals surface area contributed by atoms with Crippen LogP contribution in [0.3, 0.4) is 0 Å². The summed E-state index contributed by atoms with van der Waals surface area (Å²) in [6.45, 7) is 1.01. The van der Waals surface area contributed by atoms with E-state index in [1.165, 1.54) is 0 Å². The molecule has 1 atom stereocenters. The molecule has 0 saturated heterocycles. The maximum absolute atomic E-state index is 11.2. The minimum atomic E-state index is -2.17. The van der Waals surface area contributed by atoms with Crippen LogP contribution in [0.15, 0.2) is 0 Å². The average Bonchev–Trinajstić information content (AvgIpc) is 1.85. The molecule has 0 aromatic heterocycles. The van der Waals surface area contributed by atoms with Crippen LogP contribution in [0.4, 0.5) is 4.39 Å². The summed E-state index contributed by atoms with van der Waals surface area (Å²) >= 11 is 0. The van der Waals surface area contributed by atoms with Crippen molar-refractivity contribution < 1.29 is 19.5 Å². The number of halogens is 1. The third-order valence-corrected chi connectivity index (χ3v) is 0.452. The molecular formula is C4H9BFNO3. The van der Waals surface area contributed by atoms with Crippen LogP contribution in [0, 0.1) is 17.2 Å². The molecule has 0 aliphatic heterocycles. The van der Waals surface area contributed by atoms with Crippen LogP contribution in [-0.2, 0) is 0 Å². The van der Waals surface area contributed by atoms with E-state index in [4.69, 9.17) is 20.3 Å². The van der Waals surface area contributed by atoms with Crippen LogP contribution in [0.2, 0.25) is 0 Å². The number of nitrogens with zero attached hydrogens (tertiary/aromatic N) is 1. The highest BCUT2D eigenvalue weighted by Gasteiger charge is 1.92. The van der Waals surface area contributed by atoms with E-state index in [0.29, 0.717) is 0 Å². The molecule has 10 heavy (non-hydrogen) atoms. The predicted molar refractivity (Wildman–Crippen MR) is 33.2 cm³/mol. The standard InChI is InChI=1S/C4H6FN.BH3O3/c1-4(2-5)3-6;2-1(3)4/h4H,2H2,1H3;2-4H. The van der Waals surface area contributed by atoms with Crippen molar-refractivity contribution in [3.8, 4) is 6.07 Å². The zero-order valence-electron chi connectivity index (χ0n) is 5.53. The van der Waals surface area contributed by atoms with Gasteiger partial charge in [-0.1, -0.05) is 0 Å². The molecule has 0 rings (SSSR count). The van der Waals surface area contributed by atoms with Crippen molar-refractivity contribution in [1.82, 2.24) is 0 Å². The third kappa shape index (κ3) is 26.4. The summed E-state index contributed by atoms with van der Waals surface area (Å²) in [4.78, 5) is 0. The molecule has 0 radical (unpaired) electrons. The van der Waals surface area contributed by atoms with E-state index < -0.39 is 19.9 Å². The highest BCUT2D eigenvalue weighted by Crippen LogP contribution is 1.88. The molecule has 0 fully saturated rings. The molecular weight excluding hydrogens is 140 g/mol. The molecule has 58 valence electrons. The lowest BCUT2D eigenvalue weighted by molar-refractivity contribution is 0.278. The van der Waals surface area contributed by atoms with Crippen molar-refractivity contribution in [1.29, 1.82) is 5.26 Å². The van der Waals surface area contributed by atoms with Crippen LogP contribution < -0.4 is 0 Å². The van der Waals surface area contributed by atoms with Crippen molar-refractivity contribution in [2.24, 2.45) is 5.92 Å². The molecule has 0 aromatic carbocycles. The van der Waals surface area contributed by atoms with Gasteiger partial charge in [0, 0.05) is 0 Å². The summed E-state index contributed by atoms with van der Waals surface area (Å²) in [5.74, 6) is -0.426. The molecule has 0 spiro atoms. The summed E-state index contributed by atoms with van der Waals surface area (Å²) in [7, 11) is -2.17. The largest absolute Gasteiger partial charge is 0.631 e. The van der Waals surface area contributed by atoms with Gasteiger partial charge in [-0.05, 0) is 6.92 Å². The van der Waals surface area contributed by atoms with Gasteiger partial charge in [0.05, 0.1) is 12.0 Å². The van der Waals surface area contributed by atoms with Gasteiger partial charge in [0.25, 0.3) is 0 Å². The Kier molecular flexibility index (Phi) is 10.1. The van der Waals surface area contributed by atoms with Crippen molar-refractivity contribution >= 4 is 7.32 Å². The molecule has 4 nitrogen and oxygen atoms in total. The summed E-state index contributed by atoms with van der Waals surface area (Å²) in [5.41, 5.74) is 0. The summed E-state index contributed by atoms with van der Waals surface area (Å²) < 4.78 is 11.2. The maximum atomic E-state index is 11.2. The van der Waals surface area contributed by atoms with Crippen LogP contribution in [0.5, 0.6) is 0 Å². The van der Waals surface area contributed by atoms with Gasteiger partial charge in [0.2, 0.25) is 0 Å². The summed E-state index contributed by atoms with van der Waals surface area (Å²) in [6.07, 6.45) is 0. The zero-order chi connectivity index (χ0) is 8.57. The molecule has 3 N–H and O–H groups in total. The quantitative estimate of drug-likeness (QED) is 0.420. The second-order valence-corrected chi connectivity index (χ2v) is 1.53. The van der Waals surface area contributed by atoms with Crippen molar-refractivity contribution in [2.45, 2.75) is 6.92 Å². The van der Waals surface area contributed by atoms with Gasteiger partial charge >= 0.3 is 7.32 Å². The summed E-state index contributed by atoms with van der Waals surface area (Å²) in [6, 6.07) is 1.74. The van der Waals surface area contributed by atoms with E-state index in [1.807, 2.05) is 0 Å². The Morgan fingerprint density at radius 2 is 1.90 bits per heavy atom. The first-order valence-electron chi connectivity index (χ1n) is 2.54. The van der Waals surface area contributed by atoms with Crippen LogP contribution in [0.25, 0.3) is 0 Å². The fraction of sp³-hybridized carbons (Fsp3) is 0.750. The van der Waals surface area contributed by atoms with Gasteiger partial charge in [-0.3, -0.25) is 0 Å². The molecule has 0 bridgehead atoms. The van der Waals surface area contributed by atoms with Gasteiger partial charge in [-0.25, -0.2) is 4.39 Å². The Hall–Kier alpha value is -0.635. The molecule has 1 unspecified atom stereocenters.